The third kappa shape index (κ3) is 8.37. The molecule has 0 radical (unpaired) electrons. The quantitative estimate of drug-likeness (QED) is 0.414. The van der Waals surface area contributed by atoms with Gasteiger partial charge in [0.2, 0.25) is 0 Å². The Bertz CT molecular complexity index is 270. The van der Waals surface area contributed by atoms with Crippen molar-refractivity contribution in [2.24, 2.45) is 0 Å². The lowest BCUT2D eigenvalue weighted by atomic mass is 10.2. The molecule has 0 aliphatic rings. The summed E-state index contributed by atoms with van der Waals surface area (Å²) in [6, 6.07) is 0. The zero-order valence-electron chi connectivity index (χ0n) is 11.3. The molecule has 3 atom stereocenters. The van der Waals surface area contributed by atoms with E-state index in [2.05, 4.69) is 15.8 Å². The maximum atomic E-state index is 9.12. The van der Waals surface area contributed by atoms with Gasteiger partial charge in [0, 0.05) is 0 Å². The number of ether oxygens (including phenoxy) is 2. The first-order valence-corrected chi connectivity index (χ1v) is 6.37. The Hall–Kier alpha value is -0.370. The minimum atomic E-state index is -0.452. The van der Waals surface area contributed by atoms with E-state index in [1.165, 1.54) is 0 Å². The van der Waals surface area contributed by atoms with Crippen LogP contribution in [0.2, 0.25) is 0 Å². The van der Waals surface area contributed by atoms with Crippen LogP contribution in [0.4, 0.5) is 0 Å². The van der Waals surface area contributed by atoms with E-state index < -0.39 is 6.10 Å². The first-order valence-electron chi connectivity index (χ1n) is 5.79. The molecule has 4 heteroatoms. The number of aliphatic hydroxyl groups is 1. The molecular weight excluding hydrogens is 235 g/mol. The first kappa shape index (κ1) is 16.6. The Morgan fingerprint density at radius 2 is 2.12 bits per heavy atom. The van der Waals surface area contributed by atoms with Gasteiger partial charge in [0.1, 0.15) is 6.61 Å². The molecule has 1 N–H and O–H groups in total. The highest BCUT2D eigenvalue weighted by Crippen LogP contribution is 2.25. The molecule has 17 heavy (non-hydrogen) atoms. The van der Waals surface area contributed by atoms with E-state index in [0.717, 1.165) is 17.8 Å². The van der Waals surface area contributed by atoms with E-state index in [-0.39, 0.29) is 5.34 Å². The molecule has 0 amide bonds. The van der Waals surface area contributed by atoms with Crippen molar-refractivity contribution in [3.63, 3.8) is 0 Å². The van der Waals surface area contributed by atoms with Crippen molar-refractivity contribution in [3.8, 4) is 0 Å². The SMILES string of the molecule is C=CCC(C)(P)OC/C(C)=C(\C)OCC(C)O. The Morgan fingerprint density at radius 1 is 1.53 bits per heavy atom. The normalized spacial score (nSPS) is 18.0. The minimum Gasteiger partial charge on any atom is -0.496 e. The molecule has 0 aromatic carbocycles. The van der Waals surface area contributed by atoms with Crippen LogP contribution >= 0.6 is 9.24 Å². The maximum absolute atomic E-state index is 9.12. The van der Waals surface area contributed by atoms with Crippen molar-refractivity contribution < 1.29 is 14.6 Å². The molecule has 3 nitrogen and oxygen atoms in total. The molecule has 3 unspecified atom stereocenters. The van der Waals surface area contributed by atoms with Gasteiger partial charge in [0.25, 0.3) is 0 Å². The van der Waals surface area contributed by atoms with Crippen LogP contribution in [-0.4, -0.2) is 29.8 Å². The number of rotatable bonds is 8. The Morgan fingerprint density at radius 3 is 2.59 bits per heavy atom. The van der Waals surface area contributed by atoms with Gasteiger partial charge in [-0.1, -0.05) is 6.08 Å². The molecule has 0 heterocycles. The van der Waals surface area contributed by atoms with Gasteiger partial charge in [-0.05, 0) is 39.7 Å². The third-order valence-corrected chi connectivity index (χ3v) is 2.71. The van der Waals surface area contributed by atoms with Crippen molar-refractivity contribution in [1.82, 2.24) is 0 Å². The smallest absolute Gasteiger partial charge is 0.113 e. The third-order valence-electron chi connectivity index (χ3n) is 2.31. The van der Waals surface area contributed by atoms with Crippen molar-refractivity contribution in [1.29, 1.82) is 0 Å². The van der Waals surface area contributed by atoms with Crippen LogP contribution < -0.4 is 0 Å². The monoisotopic (exact) mass is 260 g/mol. The van der Waals surface area contributed by atoms with Crippen molar-refractivity contribution in [2.45, 2.75) is 45.6 Å². The largest absolute Gasteiger partial charge is 0.496 e. The highest BCUT2D eigenvalue weighted by molar-refractivity contribution is 7.18. The van der Waals surface area contributed by atoms with Crippen molar-refractivity contribution in [3.05, 3.63) is 24.0 Å². The Kier molecular flexibility index (Phi) is 7.69. The lowest BCUT2D eigenvalue weighted by molar-refractivity contribution is 0.0494. The summed E-state index contributed by atoms with van der Waals surface area (Å²) in [5.74, 6) is 0.810. The predicted octanol–water partition coefficient (Wildman–Crippen LogP) is 2.86. The molecule has 0 aliphatic carbocycles. The fraction of sp³-hybridized carbons (Fsp3) is 0.692. The molecule has 0 rings (SSSR count). The zero-order chi connectivity index (χ0) is 13.5. The number of hydrogen-bond acceptors (Lipinski definition) is 3. The molecule has 0 fully saturated rings. The first-order chi connectivity index (χ1) is 7.78. The number of aliphatic hydroxyl groups excluding tert-OH is 1. The minimum absolute atomic E-state index is 0.284. The van der Waals surface area contributed by atoms with E-state index in [1.54, 1.807) is 6.92 Å². The second-order valence-electron chi connectivity index (χ2n) is 4.59. The summed E-state index contributed by atoms with van der Waals surface area (Å²) in [7, 11) is 2.68. The zero-order valence-corrected chi connectivity index (χ0v) is 12.5. The van der Waals surface area contributed by atoms with Crippen molar-refractivity contribution in [2.75, 3.05) is 13.2 Å². The fourth-order valence-corrected chi connectivity index (χ4v) is 1.34. The molecule has 0 bridgehead atoms. The lowest BCUT2D eigenvalue weighted by Gasteiger charge is -2.24. The summed E-state index contributed by atoms with van der Waals surface area (Å²) >= 11 is 0. The highest BCUT2D eigenvalue weighted by Gasteiger charge is 2.16. The van der Waals surface area contributed by atoms with Crippen LogP contribution in [-0.2, 0) is 9.47 Å². The highest BCUT2D eigenvalue weighted by atomic mass is 31.0. The Labute approximate surface area is 107 Å². The molecule has 100 valence electrons. The molecule has 0 saturated carbocycles. The molecule has 0 saturated heterocycles. The molecule has 0 spiro atoms. The van der Waals surface area contributed by atoms with Gasteiger partial charge in [-0.2, -0.15) is 0 Å². The van der Waals surface area contributed by atoms with E-state index >= 15 is 0 Å². The topological polar surface area (TPSA) is 38.7 Å². The van der Waals surface area contributed by atoms with E-state index in [1.807, 2.05) is 26.8 Å². The summed E-state index contributed by atoms with van der Waals surface area (Å²) < 4.78 is 11.2. The summed E-state index contributed by atoms with van der Waals surface area (Å²) in [5.41, 5.74) is 1.03. The van der Waals surface area contributed by atoms with Gasteiger partial charge >= 0.3 is 0 Å². The second kappa shape index (κ2) is 7.86. The van der Waals surface area contributed by atoms with Crippen LogP contribution in [0.15, 0.2) is 24.0 Å². The second-order valence-corrected chi connectivity index (χ2v) is 5.81. The van der Waals surface area contributed by atoms with E-state index in [9.17, 15) is 0 Å². The Balaban J connectivity index is 4.18. The van der Waals surface area contributed by atoms with Gasteiger partial charge < -0.3 is 14.6 Å². The lowest BCUT2D eigenvalue weighted by Crippen LogP contribution is -2.21. The van der Waals surface area contributed by atoms with Gasteiger partial charge in [0.15, 0.2) is 0 Å². The maximum Gasteiger partial charge on any atom is 0.113 e. The average molecular weight is 260 g/mol. The van der Waals surface area contributed by atoms with E-state index in [4.69, 9.17) is 14.6 Å². The summed E-state index contributed by atoms with van der Waals surface area (Å²) in [6.07, 6.45) is 2.16. The van der Waals surface area contributed by atoms with Gasteiger partial charge in [-0.25, -0.2) is 0 Å². The van der Waals surface area contributed by atoms with E-state index in [0.29, 0.717) is 13.2 Å². The summed E-state index contributed by atoms with van der Waals surface area (Å²) in [5, 5.41) is 8.83. The molecule has 0 aromatic heterocycles. The standard InChI is InChI=1S/C13H25O3P/c1-6-7-13(5,17)16-8-10(2)12(4)15-9-11(3)14/h6,11,14H,1,7-9,17H2,2-5H3/b12-10+. The van der Waals surface area contributed by atoms with Gasteiger partial charge in [-0.3, -0.25) is 0 Å². The van der Waals surface area contributed by atoms with Crippen LogP contribution in [0.25, 0.3) is 0 Å². The van der Waals surface area contributed by atoms with Crippen LogP contribution in [0.3, 0.4) is 0 Å². The van der Waals surface area contributed by atoms with Gasteiger partial charge in [-0.15, -0.1) is 15.8 Å². The number of allylic oxidation sites excluding steroid dienone is 1. The fourth-order valence-electron chi connectivity index (χ4n) is 1.09. The van der Waals surface area contributed by atoms with Gasteiger partial charge in [0.05, 0.1) is 23.8 Å². The molecule has 0 aromatic rings. The van der Waals surface area contributed by atoms with Crippen LogP contribution in [0.1, 0.15) is 34.1 Å². The summed E-state index contributed by atoms with van der Waals surface area (Å²) in [4.78, 5) is 0. The van der Waals surface area contributed by atoms with Crippen LogP contribution in [0, 0.1) is 0 Å². The summed E-state index contributed by atoms with van der Waals surface area (Å²) in [6.45, 7) is 12.1. The predicted molar refractivity (Wildman–Crippen MR) is 74.9 cm³/mol. The van der Waals surface area contributed by atoms with Crippen molar-refractivity contribution >= 4 is 9.24 Å². The molecular formula is C13H25O3P. The molecule has 0 aliphatic heterocycles. The van der Waals surface area contributed by atoms with Crippen LogP contribution in [0.5, 0.6) is 0 Å². The number of hydrogen-bond donors (Lipinski definition) is 1. The average Bonchev–Trinajstić information content (AvgIpc) is 2.22.